The minimum atomic E-state index is -4.27. The number of sulfonamides is 1. The van der Waals surface area contributed by atoms with E-state index in [9.17, 15) is 22.4 Å². The number of ether oxygens (including phenoxy) is 1. The van der Waals surface area contributed by atoms with E-state index in [1.807, 2.05) is 6.92 Å². The molecule has 3 aromatic rings. The Morgan fingerprint density at radius 2 is 1.62 bits per heavy atom. The highest BCUT2D eigenvalue weighted by atomic mass is 35.5. The molecule has 0 bridgehead atoms. The maximum absolute atomic E-state index is 13.8. The van der Waals surface area contributed by atoms with Gasteiger partial charge in [-0.2, -0.15) is 0 Å². The van der Waals surface area contributed by atoms with Crippen LogP contribution in [0.1, 0.15) is 25.8 Å². The van der Waals surface area contributed by atoms with Crippen molar-refractivity contribution in [3.63, 3.8) is 0 Å². The molecule has 0 aliphatic rings. The summed E-state index contributed by atoms with van der Waals surface area (Å²) in [7, 11) is -2.81. The quantitative estimate of drug-likeness (QED) is 0.340. The molecule has 3 aromatic carbocycles. The number of carbonyl (C=O) groups excluding carboxylic acids is 2. The van der Waals surface area contributed by atoms with Gasteiger partial charge in [-0.3, -0.25) is 13.9 Å². The van der Waals surface area contributed by atoms with Gasteiger partial charge in [-0.1, -0.05) is 30.7 Å². The number of rotatable bonds is 12. The van der Waals surface area contributed by atoms with Crippen molar-refractivity contribution in [3.8, 4) is 5.75 Å². The van der Waals surface area contributed by atoms with Gasteiger partial charge in [-0.15, -0.1) is 0 Å². The van der Waals surface area contributed by atoms with Gasteiger partial charge in [0.05, 0.1) is 17.7 Å². The fourth-order valence-electron chi connectivity index (χ4n) is 3.78. The summed E-state index contributed by atoms with van der Waals surface area (Å²) in [5.74, 6) is -1.09. The van der Waals surface area contributed by atoms with Crippen LogP contribution in [0.5, 0.6) is 5.75 Å². The van der Waals surface area contributed by atoms with E-state index >= 15 is 0 Å². The molecule has 1 atom stereocenters. The molecule has 0 radical (unpaired) electrons. The second-order valence-corrected chi connectivity index (χ2v) is 11.1. The van der Waals surface area contributed by atoms with Crippen molar-refractivity contribution in [3.05, 3.63) is 89.2 Å². The van der Waals surface area contributed by atoms with E-state index in [-0.39, 0.29) is 23.0 Å². The number of hydrogen-bond acceptors (Lipinski definition) is 5. The third-order valence-corrected chi connectivity index (χ3v) is 8.06. The van der Waals surface area contributed by atoms with Gasteiger partial charge in [0, 0.05) is 18.1 Å². The van der Waals surface area contributed by atoms with E-state index in [4.69, 9.17) is 16.3 Å². The van der Waals surface area contributed by atoms with Crippen molar-refractivity contribution in [2.45, 2.75) is 37.8 Å². The first kappa shape index (κ1) is 29.9. The highest BCUT2D eigenvalue weighted by molar-refractivity contribution is 7.92. The average molecular weight is 576 g/mol. The molecule has 0 saturated heterocycles. The number of halogens is 2. The number of benzene rings is 3. The highest BCUT2D eigenvalue weighted by Gasteiger charge is 2.32. The van der Waals surface area contributed by atoms with Gasteiger partial charge < -0.3 is 15.0 Å². The van der Waals surface area contributed by atoms with Crippen molar-refractivity contribution in [2.24, 2.45) is 0 Å². The summed E-state index contributed by atoms with van der Waals surface area (Å²) in [4.78, 5) is 27.9. The molecule has 0 heterocycles. The maximum Gasteiger partial charge on any atom is 0.264 e. The Kier molecular flexibility index (Phi) is 10.3. The predicted molar refractivity (Wildman–Crippen MR) is 149 cm³/mol. The average Bonchev–Trinajstić information content (AvgIpc) is 2.94. The largest absolute Gasteiger partial charge is 0.497 e. The maximum atomic E-state index is 13.8. The lowest BCUT2D eigenvalue weighted by atomic mass is 10.1. The van der Waals surface area contributed by atoms with E-state index in [1.165, 1.54) is 48.4 Å². The standard InChI is InChI=1S/C28H31ClFN3O5S/c1-4-17-31-28(35)20(2)32(18-21-5-7-22(29)8-6-21)27(34)19-33(24-11-9-23(30)10-12-24)39(36,37)26-15-13-25(38-3)14-16-26/h5-16,20H,4,17-19H2,1-3H3,(H,31,35). The molecule has 3 rings (SSSR count). The van der Waals surface area contributed by atoms with Gasteiger partial charge in [-0.25, -0.2) is 12.8 Å². The normalized spacial score (nSPS) is 11.9. The van der Waals surface area contributed by atoms with E-state index in [2.05, 4.69) is 5.32 Å². The Morgan fingerprint density at radius 1 is 1.00 bits per heavy atom. The molecular formula is C28H31ClFN3O5S. The summed E-state index contributed by atoms with van der Waals surface area (Å²) >= 11 is 6.00. The molecule has 39 heavy (non-hydrogen) atoms. The third kappa shape index (κ3) is 7.70. The van der Waals surface area contributed by atoms with Crippen LogP contribution >= 0.6 is 11.6 Å². The zero-order valence-electron chi connectivity index (χ0n) is 21.9. The second kappa shape index (κ2) is 13.4. The van der Waals surface area contributed by atoms with Crippen LogP contribution in [0.2, 0.25) is 5.02 Å². The van der Waals surface area contributed by atoms with Crippen LogP contribution < -0.4 is 14.4 Å². The molecule has 0 spiro atoms. The molecule has 8 nitrogen and oxygen atoms in total. The minimum Gasteiger partial charge on any atom is -0.497 e. The van der Waals surface area contributed by atoms with Crippen molar-refractivity contribution >= 4 is 39.1 Å². The lowest BCUT2D eigenvalue weighted by Gasteiger charge is -2.32. The van der Waals surface area contributed by atoms with E-state index in [0.29, 0.717) is 29.3 Å². The van der Waals surface area contributed by atoms with Crippen molar-refractivity contribution in [2.75, 3.05) is 24.5 Å². The fraction of sp³-hybridized carbons (Fsp3) is 0.286. The number of anilines is 1. The van der Waals surface area contributed by atoms with Crippen molar-refractivity contribution < 1.29 is 27.1 Å². The second-order valence-electron chi connectivity index (χ2n) is 8.78. The number of nitrogens with zero attached hydrogens (tertiary/aromatic N) is 2. The summed E-state index contributed by atoms with van der Waals surface area (Å²) in [6.07, 6.45) is 0.710. The van der Waals surface area contributed by atoms with Crippen molar-refractivity contribution in [1.82, 2.24) is 10.2 Å². The minimum absolute atomic E-state index is 0.0382. The first-order valence-corrected chi connectivity index (χ1v) is 14.1. The molecule has 0 aromatic heterocycles. The number of carbonyl (C=O) groups is 2. The Morgan fingerprint density at radius 3 is 2.18 bits per heavy atom. The van der Waals surface area contributed by atoms with Gasteiger partial charge in [0.2, 0.25) is 11.8 Å². The molecule has 0 saturated carbocycles. The Balaban J connectivity index is 2.00. The van der Waals surface area contributed by atoms with Gasteiger partial charge in [0.25, 0.3) is 10.0 Å². The van der Waals surface area contributed by atoms with Crippen molar-refractivity contribution in [1.29, 1.82) is 0 Å². The molecule has 0 fully saturated rings. The monoisotopic (exact) mass is 575 g/mol. The molecule has 0 aliphatic carbocycles. The van der Waals surface area contributed by atoms with Crippen LogP contribution in [0.4, 0.5) is 10.1 Å². The molecule has 208 valence electrons. The zero-order valence-corrected chi connectivity index (χ0v) is 23.5. The summed E-state index contributed by atoms with van der Waals surface area (Å²) in [5, 5.41) is 3.29. The number of hydrogen-bond donors (Lipinski definition) is 1. The summed E-state index contributed by atoms with van der Waals surface area (Å²) in [5.41, 5.74) is 0.796. The fourth-order valence-corrected chi connectivity index (χ4v) is 5.32. The molecular weight excluding hydrogens is 545 g/mol. The first-order valence-electron chi connectivity index (χ1n) is 12.3. The summed E-state index contributed by atoms with van der Waals surface area (Å²) in [6.45, 7) is 3.33. The smallest absolute Gasteiger partial charge is 0.264 e. The van der Waals surface area contributed by atoms with Crippen LogP contribution in [0.25, 0.3) is 0 Å². The van der Waals surface area contributed by atoms with Gasteiger partial charge in [0.15, 0.2) is 0 Å². The van der Waals surface area contributed by atoms with Crippen LogP contribution in [0, 0.1) is 5.82 Å². The Hall–Kier alpha value is -3.63. The lowest BCUT2D eigenvalue weighted by Crippen LogP contribution is -2.51. The molecule has 1 N–H and O–H groups in total. The zero-order chi connectivity index (χ0) is 28.6. The topological polar surface area (TPSA) is 96.0 Å². The molecule has 0 aliphatic heterocycles. The predicted octanol–water partition coefficient (Wildman–Crippen LogP) is 4.63. The van der Waals surface area contributed by atoms with Gasteiger partial charge in [-0.05, 0) is 79.6 Å². The summed E-state index contributed by atoms with van der Waals surface area (Å²) < 4.78 is 47.2. The van der Waals surface area contributed by atoms with Crippen LogP contribution in [0.15, 0.2) is 77.7 Å². The Bertz CT molecular complexity index is 1370. The molecule has 2 amide bonds. The lowest BCUT2D eigenvalue weighted by molar-refractivity contribution is -0.139. The third-order valence-electron chi connectivity index (χ3n) is 6.02. The number of methoxy groups -OCH3 is 1. The summed E-state index contributed by atoms with van der Waals surface area (Å²) in [6, 6.07) is 16.4. The molecule has 1 unspecified atom stereocenters. The number of nitrogens with one attached hydrogen (secondary N) is 1. The van der Waals surface area contributed by atoms with Gasteiger partial charge in [0.1, 0.15) is 24.2 Å². The van der Waals surface area contributed by atoms with E-state index < -0.39 is 34.3 Å². The highest BCUT2D eigenvalue weighted by Crippen LogP contribution is 2.26. The van der Waals surface area contributed by atoms with Crippen LogP contribution in [0.3, 0.4) is 0 Å². The van der Waals surface area contributed by atoms with Crippen LogP contribution in [-0.2, 0) is 26.2 Å². The first-order chi connectivity index (χ1) is 18.6. The van der Waals surface area contributed by atoms with E-state index in [0.717, 1.165) is 16.4 Å². The van der Waals surface area contributed by atoms with Gasteiger partial charge >= 0.3 is 0 Å². The number of amides is 2. The van der Waals surface area contributed by atoms with E-state index in [1.54, 1.807) is 31.2 Å². The Labute approximate surface area is 233 Å². The van der Waals surface area contributed by atoms with Crippen LogP contribution in [-0.4, -0.2) is 51.4 Å². The SMILES string of the molecule is CCCNC(=O)C(C)N(Cc1ccc(Cl)cc1)C(=O)CN(c1ccc(F)cc1)S(=O)(=O)c1ccc(OC)cc1. The molecule has 11 heteroatoms.